The Kier molecular flexibility index (Phi) is 2.35. The van der Waals surface area contributed by atoms with Crippen molar-refractivity contribution in [2.24, 2.45) is 23.2 Å². The fourth-order valence-electron chi connectivity index (χ4n) is 5.03. The van der Waals surface area contributed by atoms with Crippen LogP contribution in [0.3, 0.4) is 0 Å². The van der Waals surface area contributed by atoms with Crippen molar-refractivity contribution in [1.29, 1.82) is 0 Å². The first-order chi connectivity index (χ1) is 7.22. The maximum absolute atomic E-state index is 5.82. The second kappa shape index (κ2) is 3.48. The molecule has 0 aromatic carbocycles. The predicted molar refractivity (Wildman–Crippen MR) is 61.4 cm³/mol. The van der Waals surface area contributed by atoms with Crippen molar-refractivity contribution in [3.05, 3.63) is 6.92 Å². The third kappa shape index (κ3) is 1.54. The Hall–Kier alpha value is -0.0400. The van der Waals surface area contributed by atoms with Crippen LogP contribution in [0.4, 0.5) is 0 Å². The monoisotopic (exact) mass is 207 g/mol. The van der Waals surface area contributed by atoms with E-state index in [1.807, 2.05) is 0 Å². The highest BCUT2D eigenvalue weighted by Gasteiger charge is 2.53. The first-order valence-corrected chi connectivity index (χ1v) is 6.63. The van der Waals surface area contributed by atoms with Crippen molar-refractivity contribution in [2.45, 2.75) is 51.6 Å². The fraction of sp³-hybridized carbons (Fsp3) is 0.929. The van der Waals surface area contributed by atoms with E-state index < -0.39 is 0 Å². The van der Waals surface area contributed by atoms with E-state index in [2.05, 4.69) is 13.8 Å². The second-order valence-corrected chi connectivity index (χ2v) is 6.29. The zero-order chi connectivity index (χ0) is 10.5. The van der Waals surface area contributed by atoms with E-state index in [-0.39, 0.29) is 0 Å². The van der Waals surface area contributed by atoms with Crippen molar-refractivity contribution in [1.82, 2.24) is 0 Å². The van der Waals surface area contributed by atoms with E-state index in [9.17, 15) is 0 Å². The van der Waals surface area contributed by atoms with Gasteiger partial charge >= 0.3 is 0 Å². The lowest BCUT2D eigenvalue weighted by Crippen LogP contribution is -2.51. The third-order valence-corrected chi connectivity index (χ3v) is 5.32. The maximum Gasteiger partial charge on any atom is 0.0603 e. The molecular formula is C14H23O. The molecule has 0 aromatic heterocycles. The minimum absolute atomic E-state index is 0.448. The van der Waals surface area contributed by atoms with Gasteiger partial charge in [-0.05, 0) is 75.5 Å². The first-order valence-electron chi connectivity index (χ1n) is 6.63. The van der Waals surface area contributed by atoms with Gasteiger partial charge in [-0.15, -0.1) is 0 Å². The van der Waals surface area contributed by atoms with Crippen molar-refractivity contribution in [2.75, 3.05) is 6.61 Å². The molecule has 4 rings (SSSR count). The first kappa shape index (κ1) is 10.1. The summed E-state index contributed by atoms with van der Waals surface area (Å²) in [4.78, 5) is 0. The average molecular weight is 207 g/mol. The summed E-state index contributed by atoms with van der Waals surface area (Å²) >= 11 is 0. The molecule has 4 fully saturated rings. The molecule has 1 unspecified atom stereocenters. The van der Waals surface area contributed by atoms with Crippen LogP contribution < -0.4 is 0 Å². The summed E-state index contributed by atoms with van der Waals surface area (Å²) in [5.74, 6) is 3.10. The molecule has 85 valence electrons. The Balaban J connectivity index is 1.80. The van der Waals surface area contributed by atoms with Gasteiger partial charge in [0.2, 0.25) is 0 Å². The Morgan fingerprint density at radius 1 is 1.13 bits per heavy atom. The summed E-state index contributed by atoms with van der Waals surface area (Å²) in [6.07, 6.45) is 9.35. The maximum atomic E-state index is 5.82. The van der Waals surface area contributed by atoms with Gasteiger partial charge in [0.15, 0.2) is 0 Å². The second-order valence-electron chi connectivity index (χ2n) is 6.29. The molecule has 1 heteroatoms. The summed E-state index contributed by atoms with van der Waals surface area (Å²) < 4.78 is 5.82. The van der Waals surface area contributed by atoms with Crippen molar-refractivity contribution in [3.8, 4) is 0 Å². The lowest BCUT2D eigenvalue weighted by atomic mass is 9.48. The summed E-state index contributed by atoms with van der Waals surface area (Å²) in [6.45, 7) is 6.76. The summed E-state index contributed by atoms with van der Waals surface area (Å²) in [5, 5.41) is 0. The van der Waals surface area contributed by atoms with E-state index in [1.54, 1.807) is 0 Å². The molecule has 4 bridgehead atoms. The van der Waals surface area contributed by atoms with Crippen LogP contribution in [0.15, 0.2) is 0 Å². The van der Waals surface area contributed by atoms with E-state index in [0.717, 1.165) is 17.8 Å². The zero-order valence-electron chi connectivity index (χ0n) is 9.87. The lowest BCUT2D eigenvalue weighted by Gasteiger charge is -2.58. The number of ether oxygens (including phenoxy) is 1. The van der Waals surface area contributed by atoms with Gasteiger partial charge in [0.25, 0.3) is 0 Å². The van der Waals surface area contributed by atoms with Crippen LogP contribution in [0.2, 0.25) is 0 Å². The lowest BCUT2D eigenvalue weighted by molar-refractivity contribution is -0.131. The van der Waals surface area contributed by atoms with Gasteiger partial charge in [-0.2, -0.15) is 0 Å². The van der Waals surface area contributed by atoms with Crippen molar-refractivity contribution < 1.29 is 4.74 Å². The molecule has 1 radical (unpaired) electrons. The Morgan fingerprint density at radius 2 is 1.60 bits per heavy atom. The molecule has 0 aliphatic heterocycles. The molecule has 4 aliphatic rings. The Bertz CT molecular complexity index is 210. The number of hydrogen-bond donors (Lipinski definition) is 0. The van der Waals surface area contributed by atoms with Crippen LogP contribution in [0, 0.1) is 30.1 Å². The SMILES string of the molecule is [CH2]COC(C)C12CC3CC(CC(C3)C1)C2. The molecule has 1 atom stereocenters. The van der Waals surface area contributed by atoms with Crippen LogP contribution >= 0.6 is 0 Å². The highest BCUT2D eigenvalue weighted by molar-refractivity contribution is 5.03. The highest BCUT2D eigenvalue weighted by atomic mass is 16.5. The minimum atomic E-state index is 0.448. The van der Waals surface area contributed by atoms with Gasteiger partial charge in [0.05, 0.1) is 6.10 Å². The summed E-state index contributed by atoms with van der Waals surface area (Å²) in [7, 11) is 0. The fourth-order valence-corrected chi connectivity index (χ4v) is 5.03. The average Bonchev–Trinajstić information content (AvgIpc) is 2.15. The van der Waals surface area contributed by atoms with Gasteiger partial charge < -0.3 is 4.74 Å². The molecule has 0 N–H and O–H groups in total. The molecule has 4 aliphatic carbocycles. The van der Waals surface area contributed by atoms with Crippen molar-refractivity contribution in [3.63, 3.8) is 0 Å². The smallest absolute Gasteiger partial charge is 0.0603 e. The van der Waals surface area contributed by atoms with Crippen LogP contribution in [-0.2, 0) is 4.74 Å². The molecule has 0 amide bonds. The number of hydrogen-bond acceptors (Lipinski definition) is 1. The van der Waals surface area contributed by atoms with E-state index in [0.29, 0.717) is 18.1 Å². The van der Waals surface area contributed by atoms with Crippen LogP contribution in [-0.4, -0.2) is 12.7 Å². The van der Waals surface area contributed by atoms with Crippen LogP contribution in [0.25, 0.3) is 0 Å². The Morgan fingerprint density at radius 3 is 2.00 bits per heavy atom. The molecule has 0 spiro atoms. The molecule has 0 aromatic rings. The van der Waals surface area contributed by atoms with Gasteiger partial charge in [-0.3, -0.25) is 0 Å². The van der Waals surface area contributed by atoms with Crippen LogP contribution in [0.1, 0.15) is 45.4 Å². The predicted octanol–water partition coefficient (Wildman–Crippen LogP) is 3.44. The van der Waals surface area contributed by atoms with Gasteiger partial charge in [0, 0.05) is 6.61 Å². The molecular weight excluding hydrogens is 184 g/mol. The summed E-state index contributed by atoms with van der Waals surface area (Å²) in [5.41, 5.74) is 0.548. The quantitative estimate of drug-likeness (QED) is 0.689. The van der Waals surface area contributed by atoms with Crippen LogP contribution in [0.5, 0.6) is 0 Å². The summed E-state index contributed by atoms with van der Waals surface area (Å²) in [6, 6.07) is 0. The molecule has 0 saturated heterocycles. The molecule has 0 heterocycles. The largest absolute Gasteiger partial charge is 0.378 e. The van der Waals surface area contributed by atoms with Gasteiger partial charge in [0.1, 0.15) is 0 Å². The Labute approximate surface area is 93.6 Å². The van der Waals surface area contributed by atoms with E-state index >= 15 is 0 Å². The van der Waals surface area contributed by atoms with Crippen molar-refractivity contribution >= 4 is 0 Å². The highest BCUT2D eigenvalue weighted by Crippen LogP contribution is 2.61. The third-order valence-electron chi connectivity index (χ3n) is 5.32. The number of rotatable bonds is 3. The van der Waals surface area contributed by atoms with Gasteiger partial charge in [-0.25, -0.2) is 0 Å². The minimum Gasteiger partial charge on any atom is -0.378 e. The molecule has 15 heavy (non-hydrogen) atoms. The van der Waals surface area contributed by atoms with E-state index in [1.165, 1.54) is 38.5 Å². The zero-order valence-corrected chi connectivity index (χ0v) is 9.87. The standard InChI is InChI=1S/C14H23O/c1-3-15-10(2)14-7-11-4-12(8-14)6-13(5-11)9-14/h10-13H,1,3-9H2,2H3. The molecule has 1 nitrogen and oxygen atoms in total. The molecule has 4 saturated carbocycles. The topological polar surface area (TPSA) is 9.23 Å². The normalized spacial score (nSPS) is 49.6. The van der Waals surface area contributed by atoms with Gasteiger partial charge in [-0.1, -0.05) is 0 Å². The van der Waals surface area contributed by atoms with E-state index in [4.69, 9.17) is 4.74 Å².